The van der Waals surface area contributed by atoms with E-state index in [1.54, 1.807) is 6.26 Å². The van der Waals surface area contributed by atoms with Gasteiger partial charge in [-0.05, 0) is 36.8 Å². The molecule has 0 amide bonds. The molecule has 0 unspecified atom stereocenters. The van der Waals surface area contributed by atoms with Crippen LogP contribution in [-0.4, -0.2) is 0 Å². The molecule has 16 heavy (non-hydrogen) atoms. The van der Waals surface area contributed by atoms with E-state index < -0.39 is 0 Å². The summed E-state index contributed by atoms with van der Waals surface area (Å²) in [5.41, 5.74) is 0. The first-order chi connectivity index (χ1) is 7.74. The average molecular weight is 241 g/mol. The fourth-order valence-corrected chi connectivity index (χ4v) is 1.00. The lowest BCUT2D eigenvalue weighted by molar-refractivity contribution is 0.478. The first-order valence-corrected chi connectivity index (χ1v) is 6.19. The number of hydrogen-bond donors (Lipinski definition) is 0. The maximum absolute atomic E-state index is 5.72. The van der Waals surface area contributed by atoms with Crippen LogP contribution < -0.4 is 4.74 Å². The van der Waals surface area contributed by atoms with Gasteiger partial charge >= 0.3 is 0 Å². The Hall–Kier alpha value is -0.950. The summed E-state index contributed by atoms with van der Waals surface area (Å²) >= 11 is 5.72. The SMILES string of the molecule is CCC.CCCC=COc1ccc(Cl)cc1. The van der Waals surface area contributed by atoms with Gasteiger partial charge in [0.15, 0.2) is 0 Å². The zero-order valence-electron chi connectivity index (χ0n) is 10.4. The van der Waals surface area contributed by atoms with Crippen molar-refractivity contribution in [2.45, 2.75) is 40.0 Å². The van der Waals surface area contributed by atoms with Gasteiger partial charge in [-0.1, -0.05) is 45.2 Å². The molecule has 1 nitrogen and oxygen atoms in total. The molecule has 0 N–H and O–H groups in total. The molecule has 0 radical (unpaired) electrons. The maximum atomic E-state index is 5.72. The van der Waals surface area contributed by atoms with Crippen molar-refractivity contribution in [3.8, 4) is 5.75 Å². The fraction of sp³-hybridized carbons (Fsp3) is 0.429. The van der Waals surface area contributed by atoms with Crippen LogP contribution in [-0.2, 0) is 0 Å². The zero-order valence-corrected chi connectivity index (χ0v) is 11.1. The van der Waals surface area contributed by atoms with Crippen LogP contribution in [0.2, 0.25) is 5.02 Å². The summed E-state index contributed by atoms with van der Waals surface area (Å²) in [6.45, 7) is 6.38. The van der Waals surface area contributed by atoms with Gasteiger partial charge in [0.05, 0.1) is 6.26 Å². The summed E-state index contributed by atoms with van der Waals surface area (Å²) in [5, 5.41) is 0.727. The standard InChI is InChI=1S/C11H13ClO.C3H8/c1-2-3-4-9-13-11-7-5-10(12)6-8-11;1-3-2/h4-9H,2-3H2,1H3;3H2,1-2H3. The van der Waals surface area contributed by atoms with Gasteiger partial charge in [-0.15, -0.1) is 0 Å². The van der Waals surface area contributed by atoms with E-state index in [2.05, 4.69) is 20.8 Å². The second kappa shape index (κ2) is 10.6. The summed E-state index contributed by atoms with van der Waals surface area (Å²) in [7, 11) is 0. The molecule has 2 heteroatoms. The normalized spacial score (nSPS) is 9.75. The summed E-state index contributed by atoms with van der Waals surface area (Å²) in [4.78, 5) is 0. The van der Waals surface area contributed by atoms with Crippen molar-refractivity contribution in [1.29, 1.82) is 0 Å². The van der Waals surface area contributed by atoms with Gasteiger partial charge < -0.3 is 4.74 Å². The number of halogens is 1. The Morgan fingerprint density at radius 3 is 2.19 bits per heavy atom. The lowest BCUT2D eigenvalue weighted by Gasteiger charge is -1.98. The Labute approximate surface area is 104 Å². The molecule has 0 aliphatic carbocycles. The molecule has 90 valence electrons. The Kier molecular flexibility index (Phi) is 9.94. The van der Waals surface area contributed by atoms with Crippen molar-refractivity contribution < 1.29 is 4.74 Å². The van der Waals surface area contributed by atoms with Gasteiger partial charge in [-0.2, -0.15) is 0 Å². The number of hydrogen-bond acceptors (Lipinski definition) is 1. The third-order valence-electron chi connectivity index (χ3n) is 1.57. The van der Waals surface area contributed by atoms with Gasteiger partial charge in [-0.3, -0.25) is 0 Å². The first kappa shape index (κ1) is 15.0. The molecule has 1 rings (SSSR count). The highest BCUT2D eigenvalue weighted by Crippen LogP contribution is 2.15. The van der Waals surface area contributed by atoms with Gasteiger partial charge in [-0.25, -0.2) is 0 Å². The second-order valence-corrected chi connectivity index (χ2v) is 3.88. The van der Waals surface area contributed by atoms with Gasteiger partial charge in [0.1, 0.15) is 5.75 Å². The predicted molar refractivity (Wildman–Crippen MR) is 72.1 cm³/mol. The molecular weight excluding hydrogens is 220 g/mol. The van der Waals surface area contributed by atoms with Gasteiger partial charge in [0.25, 0.3) is 0 Å². The van der Waals surface area contributed by atoms with Crippen molar-refractivity contribution in [3.63, 3.8) is 0 Å². The molecule has 0 spiro atoms. The van der Waals surface area contributed by atoms with E-state index in [4.69, 9.17) is 16.3 Å². The van der Waals surface area contributed by atoms with Crippen LogP contribution >= 0.6 is 11.6 Å². The van der Waals surface area contributed by atoms with E-state index in [-0.39, 0.29) is 0 Å². The summed E-state index contributed by atoms with van der Waals surface area (Å²) in [6, 6.07) is 7.31. The number of rotatable bonds is 4. The van der Waals surface area contributed by atoms with Crippen LogP contribution in [0.25, 0.3) is 0 Å². The molecular formula is C14H21ClO. The van der Waals surface area contributed by atoms with E-state index >= 15 is 0 Å². The van der Waals surface area contributed by atoms with Crippen LogP contribution in [0.5, 0.6) is 5.75 Å². The minimum absolute atomic E-state index is 0.727. The Bertz CT molecular complexity index is 277. The highest BCUT2D eigenvalue weighted by atomic mass is 35.5. The largest absolute Gasteiger partial charge is 0.465 e. The molecule has 0 heterocycles. The molecule has 0 fully saturated rings. The van der Waals surface area contributed by atoms with Crippen LogP contribution in [0.1, 0.15) is 40.0 Å². The predicted octanol–water partition coefficient (Wildman–Crippen LogP) is 5.45. The molecule has 1 aromatic carbocycles. The van der Waals surface area contributed by atoms with Crippen molar-refractivity contribution >= 4 is 11.6 Å². The third kappa shape index (κ3) is 8.37. The Morgan fingerprint density at radius 1 is 1.12 bits per heavy atom. The molecule has 0 aliphatic heterocycles. The van der Waals surface area contributed by atoms with E-state index in [0.717, 1.165) is 23.6 Å². The van der Waals surface area contributed by atoms with E-state index in [0.29, 0.717) is 0 Å². The molecule has 0 aliphatic rings. The van der Waals surface area contributed by atoms with Crippen LogP contribution in [0, 0.1) is 0 Å². The average Bonchev–Trinajstić information content (AvgIpc) is 2.28. The van der Waals surface area contributed by atoms with Crippen molar-refractivity contribution in [1.82, 2.24) is 0 Å². The molecule has 0 atom stereocenters. The lowest BCUT2D eigenvalue weighted by atomic mass is 10.3. The monoisotopic (exact) mass is 240 g/mol. The maximum Gasteiger partial charge on any atom is 0.126 e. The van der Waals surface area contributed by atoms with Gasteiger partial charge in [0.2, 0.25) is 0 Å². The second-order valence-electron chi connectivity index (χ2n) is 3.44. The minimum Gasteiger partial charge on any atom is -0.465 e. The third-order valence-corrected chi connectivity index (χ3v) is 1.82. The molecule has 0 saturated carbocycles. The van der Waals surface area contributed by atoms with Crippen molar-refractivity contribution in [2.75, 3.05) is 0 Å². The Morgan fingerprint density at radius 2 is 1.69 bits per heavy atom. The highest BCUT2D eigenvalue weighted by molar-refractivity contribution is 6.30. The first-order valence-electron chi connectivity index (χ1n) is 5.81. The summed E-state index contributed by atoms with van der Waals surface area (Å²) < 4.78 is 5.32. The highest BCUT2D eigenvalue weighted by Gasteiger charge is 1.89. The molecule has 0 bridgehead atoms. The van der Waals surface area contributed by atoms with Gasteiger partial charge in [0, 0.05) is 5.02 Å². The Balaban J connectivity index is 0.000000673. The summed E-state index contributed by atoms with van der Waals surface area (Å²) in [6.07, 6.45) is 7.16. The van der Waals surface area contributed by atoms with Crippen LogP contribution in [0.4, 0.5) is 0 Å². The van der Waals surface area contributed by atoms with E-state index in [1.165, 1.54) is 6.42 Å². The molecule has 0 aromatic heterocycles. The van der Waals surface area contributed by atoms with Crippen LogP contribution in [0.15, 0.2) is 36.6 Å². The smallest absolute Gasteiger partial charge is 0.126 e. The van der Waals surface area contributed by atoms with Crippen LogP contribution in [0.3, 0.4) is 0 Å². The lowest BCUT2D eigenvalue weighted by Crippen LogP contribution is -1.80. The molecule has 0 saturated heterocycles. The van der Waals surface area contributed by atoms with E-state index in [9.17, 15) is 0 Å². The number of unbranched alkanes of at least 4 members (excludes halogenated alkanes) is 1. The number of allylic oxidation sites excluding steroid dienone is 1. The number of ether oxygens (including phenoxy) is 1. The fourth-order valence-electron chi connectivity index (χ4n) is 0.875. The zero-order chi connectivity index (χ0) is 12.2. The summed E-state index contributed by atoms with van der Waals surface area (Å²) in [5.74, 6) is 0.816. The molecule has 1 aromatic rings. The van der Waals surface area contributed by atoms with E-state index in [1.807, 2.05) is 30.3 Å². The number of benzene rings is 1. The quantitative estimate of drug-likeness (QED) is 0.636. The van der Waals surface area contributed by atoms with Crippen molar-refractivity contribution in [2.24, 2.45) is 0 Å². The van der Waals surface area contributed by atoms with Crippen molar-refractivity contribution in [3.05, 3.63) is 41.6 Å². The minimum atomic E-state index is 0.727. The topological polar surface area (TPSA) is 9.23 Å².